The Bertz CT molecular complexity index is 420. The standard InChI is InChI=1S/C11H14N2S/c1-13(12)6-4-9-2-3-10-5-7-14-11(10)8-9/h2-3,5,7-8H,4,6,12H2,1H3. The first-order chi connectivity index (χ1) is 6.75. The van der Waals surface area contributed by atoms with Crippen molar-refractivity contribution in [2.45, 2.75) is 6.42 Å². The second-order valence-corrected chi connectivity index (χ2v) is 4.47. The van der Waals surface area contributed by atoms with Crippen LogP contribution >= 0.6 is 11.3 Å². The molecule has 0 atom stereocenters. The fourth-order valence-electron chi connectivity index (χ4n) is 1.46. The number of nitrogens with two attached hydrogens (primary N) is 1. The lowest BCUT2D eigenvalue weighted by molar-refractivity contribution is 0.354. The van der Waals surface area contributed by atoms with Gasteiger partial charge in [-0.1, -0.05) is 12.1 Å². The Kier molecular flexibility index (Phi) is 2.82. The summed E-state index contributed by atoms with van der Waals surface area (Å²) in [7, 11) is 1.89. The summed E-state index contributed by atoms with van der Waals surface area (Å²) in [6, 6.07) is 8.76. The molecule has 3 heteroatoms. The fraction of sp³-hybridized carbons (Fsp3) is 0.273. The highest BCUT2D eigenvalue weighted by molar-refractivity contribution is 7.17. The van der Waals surface area contributed by atoms with Gasteiger partial charge in [-0.05, 0) is 34.9 Å². The average molecular weight is 206 g/mol. The average Bonchev–Trinajstić information content (AvgIpc) is 2.61. The van der Waals surface area contributed by atoms with Gasteiger partial charge in [0, 0.05) is 18.3 Å². The monoisotopic (exact) mass is 206 g/mol. The zero-order valence-corrected chi connectivity index (χ0v) is 9.05. The second-order valence-electron chi connectivity index (χ2n) is 3.52. The first-order valence-corrected chi connectivity index (χ1v) is 5.55. The Labute approximate surface area is 87.9 Å². The summed E-state index contributed by atoms with van der Waals surface area (Å²) >= 11 is 1.79. The van der Waals surface area contributed by atoms with Crippen LogP contribution in [0.5, 0.6) is 0 Å². The highest BCUT2D eigenvalue weighted by Crippen LogP contribution is 2.21. The van der Waals surface area contributed by atoms with Gasteiger partial charge in [-0.3, -0.25) is 5.84 Å². The lowest BCUT2D eigenvalue weighted by Crippen LogP contribution is -2.28. The number of hydrogen-bond donors (Lipinski definition) is 1. The number of hydrazine groups is 1. The third-order valence-corrected chi connectivity index (χ3v) is 3.15. The number of rotatable bonds is 3. The van der Waals surface area contributed by atoms with Crippen LogP contribution in [0.25, 0.3) is 10.1 Å². The molecule has 0 radical (unpaired) electrons. The molecule has 0 aliphatic carbocycles. The molecular formula is C11H14N2S. The highest BCUT2D eigenvalue weighted by Gasteiger charge is 1.98. The minimum absolute atomic E-state index is 0.900. The van der Waals surface area contributed by atoms with Crippen LogP contribution in [-0.4, -0.2) is 18.6 Å². The Hall–Kier alpha value is -0.900. The number of fused-ring (bicyclic) bond motifs is 1. The molecule has 0 saturated carbocycles. The number of likely N-dealkylation sites (N-methyl/N-ethyl adjacent to an activating group) is 1. The molecule has 0 unspecified atom stereocenters. The van der Waals surface area contributed by atoms with Crippen molar-refractivity contribution in [3.8, 4) is 0 Å². The molecule has 1 aromatic carbocycles. The highest BCUT2D eigenvalue weighted by atomic mass is 32.1. The Morgan fingerprint density at radius 2 is 2.21 bits per heavy atom. The second kappa shape index (κ2) is 4.09. The summed E-state index contributed by atoms with van der Waals surface area (Å²) in [5.74, 6) is 5.57. The van der Waals surface area contributed by atoms with E-state index in [-0.39, 0.29) is 0 Å². The van der Waals surface area contributed by atoms with Crippen molar-refractivity contribution in [3.63, 3.8) is 0 Å². The van der Waals surface area contributed by atoms with Gasteiger partial charge in [0.05, 0.1) is 0 Å². The van der Waals surface area contributed by atoms with Crippen LogP contribution in [0, 0.1) is 0 Å². The zero-order chi connectivity index (χ0) is 9.97. The molecule has 74 valence electrons. The van der Waals surface area contributed by atoms with Gasteiger partial charge in [0.2, 0.25) is 0 Å². The number of thiophene rings is 1. The third-order valence-electron chi connectivity index (χ3n) is 2.27. The van der Waals surface area contributed by atoms with Crippen LogP contribution in [0.3, 0.4) is 0 Å². The van der Waals surface area contributed by atoms with Gasteiger partial charge in [-0.15, -0.1) is 11.3 Å². The molecule has 0 saturated heterocycles. The minimum atomic E-state index is 0.900. The van der Waals surface area contributed by atoms with E-state index in [9.17, 15) is 0 Å². The quantitative estimate of drug-likeness (QED) is 0.616. The number of nitrogens with zero attached hydrogens (tertiary/aromatic N) is 1. The number of hydrogen-bond acceptors (Lipinski definition) is 3. The maximum atomic E-state index is 5.57. The molecule has 1 aromatic heterocycles. The molecule has 2 nitrogen and oxygen atoms in total. The molecule has 0 amide bonds. The first kappa shape index (κ1) is 9.65. The summed E-state index contributed by atoms with van der Waals surface area (Å²) in [5.41, 5.74) is 1.36. The van der Waals surface area contributed by atoms with E-state index in [1.54, 1.807) is 16.3 Å². The molecular weight excluding hydrogens is 192 g/mol. The lowest BCUT2D eigenvalue weighted by Gasteiger charge is -2.08. The van der Waals surface area contributed by atoms with E-state index in [0.717, 1.165) is 13.0 Å². The molecule has 0 aliphatic heterocycles. The van der Waals surface area contributed by atoms with E-state index in [4.69, 9.17) is 5.84 Å². The van der Waals surface area contributed by atoms with Crippen LogP contribution in [0.1, 0.15) is 5.56 Å². The summed E-state index contributed by atoms with van der Waals surface area (Å²) in [4.78, 5) is 0. The third kappa shape index (κ3) is 2.12. The van der Waals surface area contributed by atoms with E-state index < -0.39 is 0 Å². The smallest absolute Gasteiger partial charge is 0.0345 e. The lowest BCUT2D eigenvalue weighted by atomic mass is 10.1. The van der Waals surface area contributed by atoms with Gasteiger partial charge in [0.15, 0.2) is 0 Å². The maximum Gasteiger partial charge on any atom is 0.0345 e. The van der Waals surface area contributed by atoms with Gasteiger partial charge in [-0.25, -0.2) is 5.01 Å². The minimum Gasteiger partial charge on any atom is -0.269 e. The van der Waals surface area contributed by atoms with Crippen molar-refractivity contribution in [3.05, 3.63) is 35.2 Å². The van der Waals surface area contributed by atoms with Gasteiger partial charge in [-0.2, -0.15) is 0 Å². The van der Waals surface area contributed by atoms with E-state index in [1.165, 1.54) is 15.6 Å². The normalized spacial score (nSPS) is 11.4. The molecule has 1 heterocycles. The molecule has 0 bridgehead atoms. The van der Waals surface area contributed by atoms with Crippen molar-refractivity contribution in [1.82, 2.24) is 5.01 Å². The molecule has 2 aromatic rings. The van der Waals surface area contributed by atoms with Gasteiger partial charge >= 0.3 is 0 Å². The predicted octanol–water partition coefficient (Wildman–Crippen LogP) is 2.25. The SMILES string of the molecule is CN(N)CCc1ccc2ccsc2c1. The summed E-state index contributed by atoms with van der Waals surface area (Å²) in [6.45, 7) is 0.900. The van der Waals surface area contributed by atoms with Crippen molar-refractivity contribution in [2.75, 3.05) is 13.6 Å². The van der Waals surface area contributed by atoms with Gasteiger partial charge in [0.1, 0.15) is 0 Å². The van der Waals surface area contributed by atoms with Gasteiger partial charge < -0.3 is 0 Å². The van der Waals surface area contributed by atoms with Crippen LogP contribution in [-0.2, 0) is 6.42 Å². The molecule has 2 N–H and O–H groups in total. The molecule has 2 rings (SSSR count). The van der Waals surface area contributed by atoms with Crippen LogP contribution in [0.4, 0.5) is 0 Å². The Morgan fingerprint density at radius 3 is 3.00 bits per heavy atom. The van der Waals surface area contributed by atoms with E-state index >= 15 is 0 Å². The van der Waals surface area contributed by atoms with Crippen LogP contribution in [0.2, 0.25) is 0 Å². The Morgan fingerprint density at radius 1 is 1.36 bits per heavy atom. The number of benzene rings is 1. The Balaban J connectivity index is 2.17. The van der Waals surface area contributed by atoms with Crippen molar-refractivity contribution in [1.29, 1.82) is 0 Å². The fourth-order valence-corrected chi connectivity index (χ4v) is 2.31. The first-order valence-electron chi connectivity index (χ1n) is 4.68. The van der Waals surface area contributed by atoms with Crippen molar-refractivity contribution < 1.29 is 0 Å². The largest absolute Gasteiger partial charge is 0.269 e. The topological polar surface area (TPSA) is 29.3 Å². The van der Waals surface area contributed by atoms with Gasteiger partial charge in [0.25, 0.3) is 0 Å². The molecule has 0 aliphatic rings. The van der Waals surface area contributed by atoms with E-state index in [0.29, 0.717) is 0 Å². The summed E-state index contributed by atoms with van der Waals surface area (Å²) < 4.78 is 1.36. The van der Waals surface area contributed by atoms with E-state index in [2.05, 4.69) is 29.6 Å². The maximum absolute atomic E-state index is 5.57. The van der Waals surface area contributed by atoms with Crippen molar-refractivity contribution in [2.24, 2.45) is 5.84 Å². The molecule has 0 spiro atoms. The summed E-state index contributed by atoms with van der Waals surface area (Å²) in [6.07, 6.45) is 1.01. The molecule has 0 fully saturated rings. The summed E-state index contributed by atoms with van der Waals surface area (Å²) in [5, 5.41) is 5.18. The molecule has 14 heavy (non-hydrogen) atoms. The van der Waals surface area contributed by atoms with Crippen LogP contribution < -0.4 is 5.84 Å². The van der Waals surface area contributed by atoms with E-state index in [1.807, 2.05) is 7.05 Å². The zero-order valence-electron chi connectivity index (χ0n) is 8.23. The van der Waals surface area contributed by atoms with Crippen molar-refractivity contribution >= 4 is 21.4 Å². The predicted molar refractivity (Wildman–Crippen MR) is 62.3 cm³/mol. The van der Waals surface area contributed by atoms with Crippen LogP contribution in [0.15, 0.2) is 29.6 Å².